The van der Waals surface area contributed by atoms with Crippen molar-refractivity contribution in [2.45, 2.75) is 0 Å². The predicted molar refractivity (Wildman–Crippen MR) is 57.2 cm³/mol. The van der Waals surface area contributed by atoms with Gasteiger partial charge in [0.2, 0.25) is 0 Å². The quantitative estimate of drug-likeness (QED) is 0.619. The molecule has 0 saturated heterocycles. The Kier molecular flexibility index (Phi) is 3.18. The Labute approximate surface area is 93.1 Å². The number of carbonyl (C=O) groups is 2. The number of hydrogen-bond donors (Lipinski definition) is 1. The second kappa shape index (κ2) is 4.39. The number of nitrogens with one attached hydrogen (secondary N) is 1. The van der Waals surface area contributed by atoms with Gasteiger partial charge >= 0.3 is 17.1 Å². The topological polar surface area (TPSA) is 111 Å². The van der Waals surface area contributed by atoms with Crippen molar-refractivity contribution in [3.63, 3.8) is 0 Å². The average Bonchev–Trinajstić information content (AvgIpc) is 2.27. The van der Waals surface area contributed by atoms with Crippen molar-refractivity contribution < 1.29 is 9.59 Å². The third kappa shape index (κ3) is 1.95. The Balaban J connectivity index is 3.85. The Bertz CT molecular complexity index is 633. The lowest BCUT2D eigenvalue weighted by Gasteiger charge is -2.02. The molecule has 8 heteroatoms. The highest BCUT2D eigenvalue weighted by Crippen LogP contribution is 1.76. The number of carbonyl (C=O) groups excluding carboxylic acids is 2. The van der Waals surface area contributed by atoms with Crippen LogP contribution in [-0.2, 0) is 0 Å². The molecule has 0 amide bonds. The van der Waals surface area contributed by atoms with Crippen molar-refractivity contribution in [3.8, 4) is 0 Å². The van der Waals surface area contributed by atoms with Gasteiger partial charge in [-0.05, 0) is 12.2 Å². The second-order valence-electron chi connectivity index (χ2n) is 2.77. The van der Waals surface area contributed by atoms with Crippen LogP contribution in [-0.4, -0.2) is 25.9 Å². The van der Waals surface area contributed by atoms with Gasteiger partial charge in [-0.3, -0.25) is 14.6 Å². The maximum Gasteiger partial charge on any atom is 0.350 e. The molecule has 1 aromatic rings. The third-order valence-electron chi connectivity index (χ3n) is 1.79. The summed E-state index contributed by atoms with van der Waals surface area (Å²) in [4.78, 5) is 58.1. The van der Waals surface area contributed by atoms with Gasteiger partial charge in [-0.15, -0.1) is 0 Å². The fraction of sp³-hybridized carbons (Fsp3) is 0. The van der Waals surface area contributed by atoms with Gasteiger partial charge in [0.25, 0.3) is 11.8 Å². The van der Waals surface area contributed by atoms with Crippen LogP contribution in [0, 0.1) is 0 Å². The molecule has 8 nitrogen and oxygen atoms in total. The molecule has 1 heterocycles. The van der Waals surface area contributed by atoms with E-state index in [1.807, 2.05) is 0 Å². The summed E-state index contributed by atoms with van der Waals surface area (Å²) in [5.41, 5.74) is -3.84. The Hall–Kier alpha value is -2.77. The fourth-order valence-electron chi connectivity index (χ4n) is 1.05. The highest BCUT2D eigenvalue weighted by molar-refractivity contribution is 5.91. The molecular formula is C9H7N3O5. The van der Waals surface area contributed by atoms with E-state index in [0.717, 1.165) is 0 Å². The summed E-state index contributed by atoms with van der Waals surface area (Å²) in [6.07, 6.45) is 1.40. The molecular weight excluding hydrogens is 230 g/mol. The molecule has 17 heavy (non-hydrogen) atoms. The number of aromatic amines is 1. The molecule has 0 bridgehead atoms. The first-order valence-electron chi connectivity index (χ1n) is 4.26. The van der Waals surface area contributed by atoms with Crippen LogP contribution in [0.15, 0.2) is 39.7 Å². The molecule has 0 aliphatic carbocycles. The molecule has 0 saturated carbocycles. The van der Waals surface area contributed by atoms with Crippen molar-refractivity contribution in [1.29, 1.82) is 0 Å². The number of nitrogens with zero attached hydrogens (tertiary/aromatic N) is 2. The highest BCUT2D eigenvalue weighted by atomic mass is 16.2. The van der Waals surface area contributed by atoms with Crippen molar-refractivity contribution >= 4 is 11.8 Å². The van der Waals surface area contributed by atoms with E-state index in [1.165, 1.54) is 0 Å². The van der Waals surface area contributed by atoms with Crippen molar-refractivity contribution in [2.24, 2.45) is 0 Å². The monoisotopic (exact) mass is 237 g/mol. The lowest BCUT2D eigenvalue weighted by molar-refractivity contribution is 0.0934. The number of allylic oxidation sites excluding steroid dienone is 2. The molecule has 0 fully saturated rings. The van der Waals surface area contributed by atoms with Gasteiger partial charge in [-0.1, -0.05) is 13.2 Å². The van der Waals surface area contributed by atoms with E-state index in [2.05, 4.69) is 13.2 Å². The van der Waals surface area contributed by atoms with Crippen LogP contribution in [0.2, 0.25) is 0 Å². The molecule has 0 spiro atoms. The summed E-state index contributed by atoms with van der Waals surface area (Å²) >= 11 is 0. The van der Waals surface area contributed by atoms with E-state index >= 15 is 0 Å². The lowest BCUT2D eigenvalue weighted by atomic mass is 10.5. The van der Waals surface area contributed by atoms with Gasteiger partial charge in [-0.2, -0.15) is 9.13 Å². The largest absolute Gasteiger partial charge is 0.350 e. The van der Waals surface area contributed by atoms with E-state index in [1.54, 1.807) is 4.98 Å². The zero-order chi connectivity index (χ0) is 13.2. The highest BCUT2D eigenvalue weighted by Gasteiger charge is 2.16. The maximum atomic E-state index is 11.6. The zero-order valence-corrected chi connectivity index (χ0v) is 8.50. The third-order valence-corrected chi connectivity index (χ3v) is 1.79. The summed E-state index contributed by atoms with van der Waals surface area (Å²) in [5, 5.41) is 0. The first kappa shape index (κ1) is 12.3. The van der Waals surface area contributed by atoms with E-state index < -0.39 is 28.9 Å². The molecule has 0 aliphatic rings. The number of H-pyrrole nitrogens is 1. The van der Waals surface area contributed by atoms with Gasteiger partial charge in [0.05, 0.1) is 0 Å². The minimum Gasteiger partial charge on any atom is -0.269 e. The summed E-state index contributed by atoms with van der Waals surface area (Å²) in [6.45, 7) is 6.16. The van der Waals surface area contributed by atoms with Gasteiger partial charge < -0.3 is 0 Å². The zero-order valence-electron chi connectivity index (χ0n) is 8.50. The fourth-order valence-corrected chi connectivity index (χ4v) is 1.05. The molecule has 0 unspecified atom stereocenters. The van der Waals surface area contributed by atoms with E-state index in [0.29, 0.717) is 12.2 Å². The average molecular weight is 237 g/mol. The van der Waals surface area contributed by atoms with Gasteiger partial charge in [-0.25, -0.2) is 14.4 Å². The summed E-state index contributed by atoms with van der Waals surface area (Å²) in [7, 11) is 0. The molecule has 1 aromatic heterocycles. The Morgan fingerprint density at radius 2 is 1.29 bits per heavy atom. The van der Waals surface area contributed by atoms with Crippen LogP contribution in [0.25, 0.3) is 0 Å². The summed E-state index contributed by atoms with van der Waals surface area (Å²) in [6, 6.07) is 0. The standard InChI is InChI=1S/C9H7N3O5/c1-3-5(13)11-7(15)10-8(16)12(9(11)17)6(14)4-2/h3-4H,1-2H2,(H,10,15,16). The molecule has 88 valence electrons. The molecule has 0 aliphatic heterocycles. The first-order chi connectivity index (χ1) is 7.93. The van der Waals surface area contributed by atoms with E-state index in [-0.39, 0.29) is 9.13 Å². The van der Waals surface area contributed by atoms with Gasteiger partial charge in [0, 0.05) is 0 Å². The minimum atomic E-state index is -1.37. The Morgan fingerprint density at radius 1 is 0.941 bits per heavy atom. The molecule has 0 atom stereocenters. The molecule has 1 rings (SSSR count). The van der Waals surface area contributed by atoms with Crippen LogP contribution in [0.1, 0.15) is 9.59 Å². The molecule has 1 N–H and O–H groups in total. The van der Waals surface area contributed by atoms with E-state index in [9.17, 15) is 24.0 Å². The van der Waals surface area contributed by atoms with E-state index in [4.69, 9.17) is 0 Å². The van der Waals surface area contributed by atoms with Crippen LogP contribution in [0.4, 0.5) is 0 Å². The van der Waals surface area contributed by atoms with Crippen molar-refractivity contribution in [3.05, 3.63) is 56.8 Å². The van der Waals surface area contributed by atoms with Crippen LogP contribution < -0.4 is 17.1 Å². The number of rotatable bonds is 2. The molecule has 0 radical (unpaired) electrons. The van der Waals surface area contributed by atoms with Gasteiger partial charge in [0.15, 0.2) is 0 Å². The summed E-state index contributed by atoms with van der Waals surface area (Å²) < 4.78 is 0.158. The normalized spacial score (nSPS) is 9.65. The molecule has 0 aromatic carbocycles. The number of aromatic nitrogens is 3. The number of hydrogen-bond acceptors (Lipinski definition) is 5. The minimum absolute atomic E-state index is 0.0792. The maximum absolute atomic E-state index is 11.6. The van der Waals surface area contributed by atoms with Crippen molar-refractivity contribution in [2.75, 3.05) is 0 Å². The SMILES string of the molecule is C=CC(=O)n1c(=O)[nH]c(=O)n(C(=O)C=C)c1=O. The smallest absolute Gasteiger partial charge is 0.269 e. The van der Waals surface area contributed by atoms with Gasteiger partial charge in [0.1, 0.15) is 0 Å². The van der Waals surface area contributed by atoms with Crippen molar-refractivity contribution in [1.82, 2.24) is 14.1 Å². The van der Waals surface area contributed by atoms with Crippen LogP contribution >= 0.6 is 0 Å². The lowest BCUT2D eigenvalue weighted by Crippen LogP contribution is -2.53. The Morgan fingerprint density at radius 3 is 1.59 bits per heavy atom. The van der Waals surface area contributed by atoms with Crippen LogP contribution in [0.3, 0.4) is 0 Å². The summed E-state index contributed by atoms with van der Waals surface area (Å²) in [5.74, 6) is -2.11. The van der Waals surface area contributed by atoms with Crippen LogP contribution in [0.5, 0.6) is 0 Å². The first-order valence-corrected chi connectivity index (χ1v) is 4.26. The second-order valence-corrected chi connectivity index (χ2v) is 2.77. The predicted octanol–water partition coefficient (Wildman–Crippen LogP) is -1.65.